The minimum atomic E-state index is -3.63. The summed E-state index contributed by atoms with van der Waals surface area (Å²) < 4.78 is 32.8. The number of sulfonamides is 1. The van der Waals surface area contributed by atoms with Crippen LogP contribution >= 0.6 is 0 Å². The molecule has 1 aromatic heterocycles. The number of benzene rings is 1. The van der Waals surface area contributed by atoms with Crippen LogP contribution in [0.15, 0.2) is 45.7 Å². The second-order valence-electron chi connectivity index (χ2n) is 4.60. The molecule has 20 heavy (non-hydrogen) atoms. The third-order valence-electron chi connectivity index (χ3n) is 3.00. The molecule has 0 bridgehead atoms. The van der Waals surface area contributed by atoms with Crippen LogP contribution in [0.3, 0.4) is 0 Å². The lowest BCUT2D eigenvalue weighted by Crippen LogP contribution is -2.27. The standard InChI is InChI=1S/C14H18N2O3S/c1-10-7-8-13(19-10)11(2)16-20(17,18)14-6-4-3-5-12(14)9-15/h3-8,11,16H,9,15H2,1-2H3. The Morgan fingerprint density at radius 2 is 1.95 bits per heavy atom. The van der Waals surface area contributed by atoms with Gasteiger partial charge in [-0.1, -0.05) is 18.2 Å². The second kappa shape index (κ2) is 5.78. The highest BCUT2D eigenvalue weighted by Crippen LogP contribution is 2.20. The number of rotatable bonds is 5. The minimum Gasteiger partial charge on any atom is -0.465 e. The van der Waals surface area contributed by atoms with Crippen molar-refractivity contribution in [3.8, 4) is 0 Å². The van der Waals surface area contributed by atoms with Gasteiger partial charge in [-0.2, -0.15) is 0 Å². The van der Waals surface area contributed by atoms with Crippen LogP contribution in [0.1, 0.15) is 30.0 Å². The molecule has 0 aliphatic heterocycles. The van der Waals surface area contributed by atoms with Gasteiger partial charge in [0.1, 0.15) is 11.5 Å². The SMILES string of the molecule is Cc1ccc(C(C)NS(=O)(=O)c2ccccc2CN)o1. The topological polar surface area (TPSA) is 85.3 Å². The summed E-state index contributed by atoms with van der Waals surface area (Å²) in [5.41, 5.74) is 6.17. The van der Waals surface area contributed by atoms with Gasteiger partial charge in [0, 0.05) is 6.54 Å². The van der Waals surface area contributed by atoms with Crippen molar-refractivity contribution in [2.75, 3.05) is 0 Å². The molecule has 0 saturated heterocycles. The van der Waals surface area contributed by atoms with Crippen LogP contribution in [0.4, 0.5) is 0 Å². The average molecular weight is 294 g/mol. The Morgan fingerprint density at radius 1 is 1.25 bits per heavy atom. The van der Waals surface area contributed by atoms with E-state index in [-0.39, 0.29) is 11.4 Å². The van der Waals surface area contributed by atoms with Crippen molar-refractivity contribution in [2.24, 2.45) is 5.73 Å². The Hall–Kier alpha value is -1.63. The summed E-state index contributed by atoms with van der Waals surface area (Å²) >= 11 is 0. The molecule has 1 heterocycles. The number of nitrogens with two attached hydrogens (primary N) is 1. The first-order valence-corrected chi connectivity index (χ1v) is 7.79. The lowest BCUT2D eigenvalue weighted by molar-refractivity contribution is 0.441. The normalized spacial score (nSPS) is 13.3. The molecule has 0 saturated carbocycles. The van der Waals surface area contributed by atoms with Crippen LogP contribution in [0.5, 0.6) is 0 Å². The first-order chi connectivity index (χ1) is 9.44. The van der Waals surface area contributed by atoms with Gasteiger partial charge in [-0.25, -0.2) is 13.1 Å². The van der Waals surface area contributed by atoms with Gasteiger partial charge in [0.05, 0.1) is 10.9 Å². The Balaban J connectivity index is 2.27. The highest BCUT2D eigenvalue weighted by molar-refractivity contribution is 7.89. The molecular weight excluding hydrogens is 276 g/mol. The highest BCUT2D eigenvalue weighted by Gasteiger charge is 2.22. The fourth-order valence-corrected chi connectivity index (χ4v) is 3.44. The Bertz CT molecular complexity index is 692. The Morgan fingerprint density at radius 3 is 2.55 bits per heavy atom. The summed E-state index contributed by atoms with van der Waals surface area (Å²) in [6, 6.07) is 9.81. The molecule has 0 radical (unpaired) electrons. The van der Waals surface area contributed by atoms with E-state index in [2.05, 4.69) is 4.72 Å². The predicted octanol–water partition coefficient (Wildman–Crippen LogP) is 2.09. The van der Waals surface area contributed by atoms with Gasteiger partial charge in [0.15, 0.2) is 0 Å². The van der Waals surface area contributed by atoms with Crippen LogP contribution in [0, 0.1) is 6.92 Å². The van der Waals surface area contributed by atoms with E-state index in [1.807, 2.05) is 6.92 Å². The van der Waals surface area contributed by atoms with E-state index in [0.29, 0.717) is 11.3 Å². The van der Waals surface area contributed by atoms with Crippen LogP contribution < -0.4 is 10.5 Å². The molecular formula is C14H18N2O3S. The molecule has 108 valence electrons. The van der Waals surface area contributed by atoms with Gasteiger partial charge in [-0.3, -0.25) is 0 Å². The van der Waals surface area contributed by atoms with Gasteiger partial charge in [-0.15, -0.1) is 0 Å². The molecule has 1 atom stereocenters. The van der Waals surface area contributed by atoms with Crippen molar-refractivity contribution < 1.29 is 12.8 Å². The van der Waals surface area contributed by atoms with Gasteiger partial charge in [-0.05, 0) is 37.6 Å². The summed E-state index contributed by atoms with van der Waals surface area (Å²) in [7, 11) is -3.63. The summed E-state index contributed by atoms with van der Waals surface area (Å²) in [6.45, 7) is 3.72. The number of hydrogen-bond acceptors (Lipinski definition) is 4. The van der Waals surface area contributed by atoms with Crippen LogP contribution in [-0.2, 0) is 16.6 Å². The van der Waals surface area contributed by atoms with Crippen LogP contribution in [0.25, 0.3) is 0 Å². The highest BCUT2D eigenvalue weighted by atomic mass is 32.2. The molecule has 1 aromatic carbocycles. The smallest absolute Gasteiger partial charge is 0.241 e. The molecule has 2 aromatic rings. The van der Waals surface area contributed by atoms with E-state index in [1.165, 1.54) is 0 Å². The minimum absolute atomic E-state index is 0.172. The van der Waals surface area contributed by atoms with Gasteiger partial charge in [0.2, 0.25) is 10.0 Å². The Kier molecular flexibility index (Phi) is 4.27. The molecule has 0 amide bonds. The van der Waals surface area contributed by atoms with Crippen LogP contribution in [-0.4, -0.2) is 8.42 Å². The van der Waals surface area contributed by atoms with Crippen molar-refractivity contribution in [3.63, 3.8) is 0 Å². The molecule has 1 unspecified atom stereocenters. The maximum Gasteiger partial charge on any atom is 0.241 e. The van der Waals surface area contributed by atoms with Gasteiger partial charge < -0.3 is 10.2 Å². The van der Waals surface area contributed by atoms with E-state index in [1.54, 1.807) is 43.3 Å². The van der Waals surface area contributed by atoms with Gasteiger partial charge in [0.25, 0.3) is 0 Å². The van der Waals surface area contributed by atoms with Crippen molar-refractivity contribution in [2.45, 2.75) is 31.3 Å². The predicted molar refractivity (Wildman–Crippen MR) is 76.5 cm³/mol. The number of nitrogens with one attached hydrogen (secondary N) is 1. The maximum absolute atomic E-state index is 12.4. The zero-order chi connectivity index (χ0) is 14.8. The average Bonchev–Trinajstić information content (AvgIpc) is 2.85. The molecule has 3 N–H and O–H groups in total. The second-order valence-corrected chi connectivity index (χ2v) is 6.29. The monoisotopic (exact) mass is 294 g/mol. The van der Waals surface area contributed by atoms with Crippen molar-refractivity contribution >= 4 is 10.0 Å². The zero-order valence-electron chi connectivity index (χ0n) is 11.5. The molecule has 0 aliphatic rings. The molecule has 0 spiro atoms. The fourth-order valence-electron chi connectivity index (χ4n) is 1.98. The summed E-state index contributed by atoms with van der Waals surface area (Å²) in [6.07, 6.45) is 0. The lowest BCUT2D eigenvalue weighted by Gasteiger charge is -2.14. The third kappa shape index (κ3) is 3.09. The Labute approximate surface area is 118 Å². The fraction of sp³-hybridized carbons (Fsp3) is 0.286. The zero-order valence-corrected chi connectivity index (χ0v) is 12.3. The molecule has 6 heteroatoms. The van der Waals surface area contributed by atoms with Crippen molar-refractivity contribution in [1.82, 2.24) is 4.72 Å². The summed E-state index contributed by atoms with van der Waals surface area (Å²) in [4.78, 5) is 0.206. The largest absolute Gasteiger partial charge is 0.465 e. The summed E-state index contributed by atoms with van der Waals surface area (Å²) in [5, 5.41) is 0. The van der Waals surface area contributed by atoms with E-state index in [4.69, 9.17) is 10.2 Å². The first kappa shape index (κ1) is 14.8. The van der Waals surface area contributed by atoms with E-state index in [0.717, 1.165) is 5.76 Å². The van der Waals surface area contributed by atoms with E-state index < -0.39 is 16.1 Å². The molecule has 0 fully saturated rings. The first-order valence-electron chi connectivity index (χ1n) is 6.30. The van der Waals surface area contributed by atoms with Gasteiger partial charge >= 0.3 is 0 Å². The quantitative estimate of drug-likeness (QED) is 0.884. The van der Waals surface area contributed by atoms with Crippen molar-refractivity contribution in [3.05, 3.63) is 53.5 Å². The number of furan rings is 1. The number of hydrogen-bond donors (Lipinski definition) is 2. The lowest BCUT2D eigenvalue weighted by atomic mass is 10.2. The molecule has 5 nitrogen and oxygen atoms in total. The van der Waals surface area contributed by atoms with Crippen molar-refractivity contribution in [1.29, 1.82) is 0 Å². The van der Waals surface area contributed by atoms with Crippen LogP contribution in [0.2, 0.25) is 0 Å². The third-order valence-corrected chi connectivity index (χ3v) is 4.64. The van der Waals surface area contributed by atoms with E-state index in [9.17, 15) is 8.42 Å². The molecule has 0 aliphatic carbocycles. The molecule has 2 rings (SSSR count). The number of aryl methyl sites for hydroxylation is 1. The van der Waals surface area contributed by atoms with E-state index >= 15 is 0 Å². The summed E-state index contributed by atoms with van der Waals surface area (Å²) in [5.74, 6) is 1.32. The maximum atomic E-state index is 12.4.